The monoisotopic (exact) mass is 334 g/mol. The fraction of sp³-hybridized carbons (Fsp3) is 0.500. The molecule has 0 amide bonds. The number of rotatable bonds is 8. The van der Waals surface area contributed by atoms with E-state index in [1.807, 2.05) is 6.07 Å². The van der Waals surface area contributed by atoms with Gasteiger partial charge in [-0.25, -0.2) is 0 Å². The quantitative estimate of drug-likeness (QED) is 0.560. The number of ether oxygens (including phenoxy) is 1. The zero-order valence-corrected chi connectivity index (χ0v) is 13.4. The SMILES string of the molecule is O=C(O)C(C(=O)OCc1ccccc1)[C@@H](CC1CCCC1)C(=O)O. The Morgan fingerprint density at radius 3 is 2.21 bits per heavy atom. The maximum absolute atomic E-state index is 12.2. The summed E-state index contributed by atoms with van der Waals surface area (Å²) in [7, 11) is 0. The van der Waals surface area contributed by atoms with Gasteiger partial charge in [0, 0.05) is 0 Å². The van der Waals surface area contributed by atoms with Crippen LogP contribution in [0, 0.1) is 17.8 Å². The van der Waals surface area contributed by atoms with Crippen LogP contribution in [0.3, 0.4) is 0 Å². The van der Waals surface area contributed by atoms with Crippen LogP contribution in [-0.4, -0.2) is 28.1 Å². The lowest BCUT2D eigenvalue weighted by atomic mass is 9.83. The Hall–Kier alpha value is -2.37. The second kappa shape index (κ2) is 8.47. The number of aliphatic carboxylic acids is 2. The highest BCUT2D eigenvalue weighted by atomic mass is 16.5. The third-order valence-electron chi connectivity index (χ3n) is 4.53. The van der Waals surface area contributed by atoms with E-state index in [2.05, 4.69) is 0 Å². The molecule has 1 aromatic carbocycles. The number of hydrogen-bond donors (Lipinski definition) is 2. The molecule has 1 aliphatic carbocycles. The highest BCUT2D eigenvalue weighted by Gasteiger charge is 2.42. The van der Waals surface area contributed by atoms with Crippen molar-refractivity contribution in [2.45, 2.75) is 38.7 Å². The van der Waals surface area contributed by atoms with Crippen molar-refractivity contribution in [2.75, 3.05) is 0 Å². The van der Waals surface area contributed by atoms with Gasteiger partial charge in [-0.2, -0.15) is 0 Å². The second-order valence-corrected chi connectivity index (χ2v) is 6.24. The first kappa shape index (κ1) is 18.0. The zero-order chi connectivity index (χ0) is 17.5. The molecule has 1 unspecified atom stereocenters. The normalized spacial score (nSPS) is 17.2. The van der Waals surface area contributed by atoms with Crippen LogP contribution < -0.4 is 0 Å². The van der Waals surface area contributed by atoms with Gasteiger partial charge in [-0.1, -0.05) is 56.0 Å². The summed E-state index contributed by atoms with van der Waals surface area (Å²) in [5, 5.41) is 18.8. The predicted molar refractivity (Wildman–Crippen MR) is 85.1 cm³/mol. The van der Waals surface area contributed by atoms with E-state index in [1.165, 1.54) is 0 Å². The minimum Gasteiger partial charge on any atom is -0.481 e. The maximum atomic E-state index is 12.2. The van der Waals surface area contributed by atoms with Gasteiger partial charge in [-0.15, -0.1) is 0 Å². The first-order chi connectivity index (χ1) is 11.5. The zero-order valence-electron chi connectivity index (χ0n) is 13.4. The molecule has 0 bridgehead atoms. The lowest BCUT2D eigenvalue weighted by molar-refractivity contribution is -0.168. The smallest absolute Gasteiger partial charge is 0.321 e. The van der Waals surface area contributed by atoms with Crippen LogP contribution in [0.25, 0.3) is 0 Å². The molecule has 1 fully saturated rings. The molecule has 24 heavy (non-hydrogen) atoms. The van der Waals surface area contributed by atoms with E-state index in [-0.39, 0.29) is 18.9 Å². The van der Waals surface area contributed by atoms with E-state index < -0.39 is 29.7 Å². The molecule has 2 rings (SSSR count). The van der Waals surface area contributed by atoms with Crippen LogP contribution in [0.1, 0.15) is 37.7 Å². The molecule has 0 heterocycles. The Labute approximate surface area is 140 Å². The summed E-state index contributed by atoms with van der Waals surface area (Å²) in [6, 6.07) is 8.86. The Morgan fingerprint density at radius 1 is 1.04 bits per heavy atom. The van der Waals surface area contributed by atoms with Crippen molar-refractivity contribution in [3.8, 4) is 0 Å². The van der Waals surface area contributed by atoms with Gasteiger partial charge in [0.25, 0.3) is 0 Å². The van der Waals surface area contributed by atoms with E-state index in [0.29, 0.717) is 0 Å². The Bertz CT molecular complexity index is 576. The predicted octanol–water partition coefficient (Wildman–Crippen LogP) is 2.71. The standard InChI is InChI=1S/C18H22O6/c19-16(20)14(10-12-6-4-5-7-12)15(17(21)22)18(23)24-11-13-8-2-1-3-9-13/h1-3,8-9,12,14-15H,4-7,10-11H2,(H,19,20)(H,21,22)/t14-,15?/m1/s1. The van der Waals surface area contributed by atoms with Crippen molar-refractivity contribution in [3.63, 3.8) is 0 Å². The molecule has 130 valence electrons. The van der Waals surface area contributed by atoms with E-state index >= 15 is 0 Å². The molecule has 0 radical (unpaired) electrons. The van der Waals surface area contributed by atoms with Crippen LogP contribution in [0.2, 0.25) is 0 Å². The topological polar surface area (TPSA) is 101 Å². The van der Waals surface area contributed by atoms with Gasteiger partial charge in [0.1, 0.15) is 6.61 Å². The van der Waals surface area contributed by atoms with Crippen molar-refractivity contribution in [3.05, 3.63) is 35.9 Å². The molecular weight excluding hydrogens is 312 g/mol. The number of hydrogen-bond acceptors (Lipinski definition) is 4. The summed E-state index contributed by atoms with van der Waals surface area (Å²) in [6.45, 7) is -0.0702. The van der Waals surface area contributed by atoms with Crippen molar-refractivity contribution in [2.24, 2.45) is 17.8 Å². The van der Waals surface area contributed by atoms with Gasteiger partial charge in [0.15, 0.2) is 5.92 Å². The molecule has 0 aromatic heterocycles. The second-order valence-electron chi connectivity index (χ2n) is 6.24. The summed E-state index contributed by atoms with van der Waals surface area (Å²) in [6.07, 6.45) is 4.01. The number of carboxylic acid groups (broad SMARTS) is 2. The molecule has 0 spiro atoms. The van der Waals surface area contributed by atoms with Gasteiger partial charge >= 0.3 is 17.9 Å². The lowest BCUT2D eigenvalue weighted by Gasteiger charge is -2.22. The highest BCUT2D eigenvalue weighted by Crippen LogP contribution is 2.33. The average molecular weight is 334 g/mol. The van der Waals surface area contributed by atoms with E-state index in [4.69, 9.17) is 4.74 Å². The van der Waals surface area contributed by atoms with Crippen molar-refractivity contribution in [1.82, 2.24) is 0 Å². The molecule has 2 N–H and O–H groups in total. The Morgan fingerprint density at radius 2 is 1.67 bits per heavy atom. The molecule has 6 nitrogen and oxygen atoms in total. The Kier molecular flexibility index (Phi) is 6.35. The van der Waals surface area contributed by atoms with Crippen molar-refractivity contribution in [1.29, 1.82) is 0 Å². The number of carbonyl (C=O) groups is 3. The third-order valence-corrected chi connectivity index (χ3v) is 4.53. The molecule has 2 atom stereocenters. The first-order valence-electron chi connectivity index (χ1n) is 8.15. The summed E-state index contributed by atoms with van der Waals surface area (Å²) < 4.78 is 5.06. The van der Waals surface area contributed by atoms with Crippen LogP contribution >= 0.6 is 0 Å². The molecule has 0 aliphatic heterocycles. The van der Waals surface area contributed by atoms with Crippen LogP contribution in [-0.2, 0) is 25.7 Å². The van der Waals surface area contributed by atoms with E-state index in [0.717, 1.165) is 31.2 Å². The van der Waals surface area contributed by atoms with Gasteiger partial charge in [0.2, 0.25) is 0 Å². The Balaban J connectivity index is 2.05. The number of benzene rings is 1. The van der Waals surface area contributed by atoms with Crippen LogP contribution in [0.15, 0.2) is 30.3 Å². The third kappa shape index (κ3) is 4.81. The van der Waals surface area contributed by atoms with Crippen molar-refractivity contribution >= 4 is 17.9 Å². The average Bonchev–Trinajstić information content (AvgIpc) is 3.06. The molecule has 1 aliphatic rings. The fourth-order valence-corrected chi connectivity index (χ4v) is 3.24. The van der Waals surface area contributed by atoms with Crippen LogP contribution in [0.5, 0.6) is 0 Å². The van der Waals surface area contributed by atoms with Crippen molar-refractivity contribution < 1.29 is 29.3 Å². The molecule has 0 saturated heterocycles. The minimum atomic E-state index is -1.67. The maximum Gasteiger partial charge on any atom is 0.321 e. The summed E-state index contributed by atoms with van der Waals surface area (Å²) in [5.41, 5.74) is 0.720. The number of carboxylic acids is 2. The van der Waals surface area contributed by atoms with E-state index in [9.17, 15) is 24.6 Å². The first-order valence-corrected chi connectivity index (χ1v) is 8.15. The largest absolute Gasteiger partial charge is 0.481 e. The number of carbonyl (C=O) groups excluding carboxylic acids is 1. The highest BCUT2D eigenvalue weighted by molar-refractivity contribution is 5.98. The number of esters is 1. The van der Waals surface area contributed by atoms with Gasteiger partial charge < -0.3 is 14.9 Å². The minimum absolute atomic E-state index is 0.0702. The molecule has 6 heteroatoms. The summed E-state index contributed by atoms with van der Waals surface area (Å²) >= 11 is 0. The summed E-state index contributed by atoms with van der Waals surface area (Å²) in [5.74, 6) is -6.46. The van der Waals surface area contributed by atoms with Gasteiger partial charge in [-0.3, -0.25) is 14.4 Å². The molecule has 1 aromatic rings. The molecular formula is C18H22O6. The molecule has 1 saturated carbocycles. The fourth-order valence-electron chi connectivity index (χ4n) is 3.24. The van der Waals surface area contributed by atoms with Gasteiger partial charge in [0.05, 0.1) is 5.92 Å². The lowest BCUT2D eigenvalue weighted by Crippen LogP contribution is -2.38. The van der Waals surface area contributed by atoms with Crippen LogP contribution in [0.4, 0.5) is 0 Å². The van der Waals surface area contributed by atoms with E-state index in [1.54, 1.807) is 24.3 Å². The van der Waals surface area contributed by atoms with Gasteiger partial charge in [-0.05, 0) is 17.9 Å². The summed E-state index contributed by atoms with van der Waals surface area (Å²) in [4.78, 5) is 35.3.